The van der Waals surface area contributed by atoms with Crippen LogP contribution >= 0.6 is 0 Å². The fourth-order valence-electron chi connectivity index (χ4n) is 7.36. The number of rotatable bonds is 4. The van der Waals surface area contributed by atoms with Crippen molar-refractivity contribution in [1.82, 2.24) is 0 Å². The molecule has 174 valence electrons. The molecule has 4 rings (SSSR count). The summed E-state index contributed by atoms with van der Waals surface area (Å²) in [5.41, 5.74) is -1.81. The molecule has 7 heteroatoms. The second-order valence-electron chi connectivity index (χ2n) is 10.4. The summed E-state index contributed by atoms with van der Waals surface area (Å²) in [7, 11) is 0. The molecule has 7 atom stereocenters. The number of hydrogen-bond acceptors (Lipinski definition) is 7. The van der Waals surface area contributed by atoms with Crippen LogP contribution in [0, 0.1) is 28.6 Å². The van der Waals surface area contributed by atoms with Crippen LogP contribution in [-0.2, 0) is 28.7 Å². The molecule has 0 bridgehead atoms. The molecular formula is C25H32O7. The summed E-state index contributed by atoms with van der Waals surface area (Å²) in [6.07, 6.45) is 7.62. The summed E-state index contributed by atoms with van der Waals surface area (Å²) < 4.78 is 10.8. The van der Waals surface area contributed by atoms with E-state index in [-0.39, 0.29) is 30.0 Å². The molecule has 0 aliphatic heterocycles. The van der Waals surface area contributed by atoms with Gasteiger partial charge in [0.15, 0.2) is 12.4 Å². The van der Waals surface area contributed by atoms with E-state index in [1.165, 1.54) is 13.8 Å². The molecule has 32 heavy (non-hydrogen) atoms. The minimum Gasteiger partial charge on any atom is -0.462 e. The van der Waals surface area contributed by atoms with E-state index >= 15 is 0 Å². The second kappa shape index (κ2) is 7.65. The minimum absolute atomic E-state index is 0.0214. The molecule has 0 heterocycles. The Morgan fingerprint density at radius 1 is 1.16 bits per heavy atom. The molecule has 1 N–H and O–H groups in total. The molecule has 0 unspecified atom stereocenters. The van der Waals surface area contributed by atoms with Gasteiger partial charge in [-0.25, -0.2) is 0 Å². The maximum absolute atomic E-state index is 13.1. The third kappa shape index (κ3) is 3.28. The van der Waals surface area contributed by atoms with Crippen LogP contribution in [0.25, 0.3) is 0 Å². The van der Waals surface area contributed by atoms with Crippen molar-refractivity contribution in [3.8, 4) is 0 Å². The van der Waals surface area contributed by atoms with E-state index in [2.05, 4.69) is 6.92 Å². The first-order valence-corrected chi connectivity index (χ1v) is 11.4. The average Bonchev–Trinajstić information content (AvgIpc) is 2.97. The highest BCUT2D eigenvalue weighted by Crippen LogP contribution is 2.67. The summed E-state index contributed by atoms with van der Waals surface area (Å²) in [5, 5.41) is 11.6. The molecule has 3 saturated carbocycles. The highest BCUT2D eigenvalue weighted by molar-refractivity contribution is 6.01. The van der Waals surface area contributed by atoms with Gasteiger partial charge in [-0.15, -0.1) is 0 Å². The van der Waals surface area contributed by atoms with E-state index in [4.69, 9.17) is 9.47 Å². The highest BCUT2D eigenvalue weighted by Gasteiger charge is 2.68. The van der Waals surface area contributed by atoms with Crippen LogP contribution in [0.5, 0.6) is 0 Å². The first-order chi connectivity index (χ1) is 14.9. The molecule has 0 amide bonds. The molecule has 0 radical (unpaired) electrons. The topological polar surface area (TPSA) is 107 Å². The zero-order valence-electron chi connectivity index (χ0n) is 19.2. The molecule has 3 fully saturated rings. The van der Waals surface area contributed by atoms with Gasteiger partial charge in [-0.1, -0.05) is 25.5 Å². The van der Waals surface area contributed by atoms with Crippen molar-refractivity contribution in [3.05, 3.63) is 23.8 Å². The summed E-state index contributed by atoms with van der Waals surface area (Å²) in [5.74, 6) is -1.36. The Morgan fingerprint density at radius 2 is 1.88 bits per heavy atom. The fraction of sp³-hybridized carbons (Fsp3) is 0.680. The lowest BCUT2D eigenvalue weighted by molar-refractivity contribution is -0.192. The number of fused-ring (bicyclic) bond motifs is 5. The number of ether oxygens (including phenoxy) is 2. The number of allylic oxidation sites excluding steroid dienone is 4. The number of aliphatic hydroxyl groups is 1. The molecule has 0 saturated heterocycles. The number of hydrogen-bond donors (Lipinski definition) is 1. The van der Waals surface area contributed by atoms with Crippen molar-refractivity contribution in [2.75, 3.05) is 6.61 Å². The van der Waals surface area contributed by atoms with Crippen LogP contribution in [0.1, 0.15) is 59.8 Å². The fourth-order valence-corrected chi connectivity index (χ4v) is 7.36. The lowest BCUT2D eigenvalue weighted by atomic mass is 9.46. The van der Waals surface area contributed by atoms with Gasteiger partial charge in [0.25, 0.3) is 0 Å². The van der Waals surface area contributed by atoms with Crippen molar-refractivity contribution >= 4 is 23.5 Å². The maximum atomic E-state index is 13.1. The van der Waals surface area contributed by atoms with Gasteiger partial charge in [0.05, 0.1) is 0 Å². The molecule has 0 aromatic rings. The predicted octanol–water partition coefficient (Wildman–Crippen LogP) is 2.70. The molecule has 0 aromatic carbocycles. The Hall–Kier alpha value is -2.28. The van der Waals surface area contributed by atoms with Crippen molar-refractivity contribution in [1.29, 1.82) is 0 Å². The molecular weight excluding hydrogens is 412 g/mol. The minimum atomic E-state index is -1.65. The van der Waals surface area contributed by atoms with E-state index in [0.717, 1.165) is 18.4 Å². The Morgan fingerprint density at radius 3 is 2.53 bits per heavy atom. The number of Topliss-reactive ketones (excluding diaryl/α,β-unsaturated/α-hetero) is 1. The standard InChI is InChI=1S/C25H32O7/c1-14(26)31-13-21(29)25(30)10-8-19-18-6-5-16-11-17(28)7-9-23(16,3)22(18)20(32-15(2)27)12-24(19,25)4/h7,9,11,18-20,22,30H,5-6,8,10,12-13H2,1-4H3/t18-,19-,20+,22+,23-,24-,25-/m0/s1. The third-order valence-electron chi connectivity index (χ3n) is 8.81. The van der Waals surface area contributed by atoms with E-state index in [0.29, 0.717) is 12.8 Å². The summed E-state index contributed by atoms with van der Waals surface area (Å²) in [6, 6.07) is 0. The Kier molecular flexibility index (Phi) is 5.47. The normalized spacial score (nSPS) is 42.3. The van der Waals surface area contributed by atoms with Gasteiger partial charge < -0.3 is 14.6 Å². The smallest absolute Gasteiger partial charge is 0.303 e. The monoisotopic (exact) mass is 444 g/mol. The summed E-state index contributed by atoms with van der Waals surface area (Å²) >= 11 is 0. The van der Waals surface area contributed by atoms with Gasteiger partial charge in [0, 0.05) is 30.6 Å². The van der Waals surface area contributed by atoms with Crippen LogP contribution in [0.3, 0.4) is 0 Å². The van der Waals surface area contributed by atoms with Gasteiger partial charge in [0.2, 0.25) is 5.78 Å². The molecule has 7 nitrogen and oxygen atoms in total. The molecule has 4 aliphatic carbocycles. The molecule has 4 aliphatic rings. The molecule has 0 aromatic heterocycles. The van der Waals surface area contributed by atoms with E-state index < -0.39 is 46.9 Å². The van der Waals surface area contributed by atoms with Gasteiger partial charge in [-0.3, -0.25) is 19.2 Å². The Labute approximate surface area is 188 Å². The van der Waals surface area contributed by atoms with Crippen molar-refractivity contribution in [2.45, 2.75) is 71.5 Å². The Bertz CT molecular complexity index is 933. The lowest BCUT2D eigenvalue weighted by Gasteiger charge is -2.60. The van der Waals surface area contributed by atoms with Gasteiger partial charge >= 0.3 is 11.9 Å². The molecule has 0 spiro atoms. The predicted molar refractivity (Wildman–Crippen MR) is 114 cm³/mol. The lowest BCUT2D eigenvalue weighted by Crippen LogP contribution is -2.62. The quantitative estimate of drug-likeness (QED) is 0.664. The van der Waals surface area contributed by atoms with Gasteiger partial charge in [0.1, 0.15) is 11.7 Å². The van der Waals surface area contributed by atoms with Crippen LogP contribution in [-0.4, -0.2) is 46.9 Å². The van der Waals surface area contributed by atoms with E-state index in [1.807, 2.05) is 13.0 Å². The zero-order chi connectivity index (χ0) is 23.5. The van der Waals surface area contributed by atoms with E-state index in [1.54, 1.807) is 12.2 Å². The van der Waals surface area contributed by atoms with Crippen LogP contribution < -0.4 is 0 Å². The Balaban J connectivity index is 1.73. The van der Waals surface area contributed by atoms with Gasteiger partial charge in [-0.2, -0.15) is 0 Å². The first kappa shape index (κ1) is 22.9. The highest BCUT2D eigenvalue weighted by atomic mass is 16.5. The average molecular weight is 445 g/mol. The van der Waals surface area contributed by atoms with E-state index in [9.17, 15) is 24.3 Å². The largest absolute Gasteiger partial charge is 0.462 e. The summed E-state index contributed by atoms with van der Waals surface area (Å²) in [4.78, 5) is 48.4. The number of esters is 2. The number of carbonyl (C=O) groups excluding carboxylic acids is 4. The number of ketones is 2. The van der Waals surface area contributed by atoms with Gasteiger partial charge in [-0.05, 0) is 56.1 Å². The SMILES string of the molecule is CC(=O)OCC(=O)[C@@]1(O)CC[C@H]2[C@@H]3CCC4=CC(=O)C=C[C@]4(C)[C@H]3[C@H](OC(C)=O)C[C@@]21C. The third-order valence-corrected chi connectivity index (χ3v) is 8.81. The van der Waals surface area contributed by atoms with Crippen molar-refractivity contribution < 1.29 is 33.8 Å². The van der Waals surface area contributed by atoms with Crippen LogP contribution in [0.15, 0.2) is 23.8 Å². The van der Waals surface area contributed by atoms with Crippen molar-refractivity contribution in [2.24, 2.45) is 28.6 Å². The zero-order valence-corrected chi connectivity index (χ0v) is 19.2. The maximum Gasteiger partial charge on any atom is 0.303 e. The first-order valence-electron chi connectivity index (χ1n) is 11.4. The number of carbonyl (C=O) groups is 4. The summed E-state index contributed by atoms with van der Waals surface area (Å²) in [6.45, 7) is 6.16. The van der Waals surface area contributed by atoms with Crippen molar-refractivity contribution in [3.63, 3.8) is 0 Å². The second-order valence-corrected chi connectivity index (χ2v) is 10.4. The van der Waals surface area contributed by atoms with Crippen LogP contribution in [0.4, 0.5) is 0 Å². The van der Waals surface area contributed by atoms with Crippen LogP contribution in [0.2, 0.25) is 0 Å².